The Labute approximate surface area is 166 Å². The summed E-state index contributed by atoms with van der Waals surface area (Å²) < 4.78 is 0. The van der Waals surface area contributed by atoms with Gasteiger partial charge in [0, 0.05) is 56.8 Å². The molecule has 1 aromatic rings. The smallest absolute Gasteiger partial charge is 0.151 e. The number of aliphatic imine (C=N–C) groups is 2. The monoisotopic (exact) mass is 380 g/mol. The number of anilines is 1. The maximum absolute atomic E-state index is 9.56. The van der Waals surface area contributed by atoms with Crippen molar-refractivity contribution < 1.29 is 5.11 Å². The Bertz CT molecular complexity index is 786. The molecule has 0 saturated carbocycles. The normalized spacial score (nSPS) is 21.8. The van der Waals surface area contributed by atoms with Gasteiger partial charge in [-0.05, 0) is 44.3 Å². The Morgan fingerprint density at radius 3 is 2.46 bits per heavy atom. The van der Waals surface area contributed by atoms with Crippen LogP contribution in [0.2, 0.25) is 0 Å². The van der Waals surface area contributed by atoms with Crippen molar-refractivity contribution in [2.24, 2.45) is 9.98 Å². The minimum Gasteiger partial charge on any atom is -0.387 e. The summed E-state index contributed by atoms with van der Waals surface area (Å²) in [5.41, 5.74) is 2.96. The summed E-state index contributed by atoms with van der Waals surface area (Å²) in [6.45, 7) is 11.1. The van der Waals surface area contributed by atoms with Gasteiger partial charge in [0.1, 0.15) is 0 Å². The molecule has 28 heavy (non-hydrogen) atoms. The van der Waals surface area contributed by atoms with E-state index in [1.54, 1.807) is 19.3 Å². The third-order valence-electron chi connectivity index (χ3n) is 5.20. The van der Waals surface area contributed by atoms with Crippen molar-refractivity contribution in [3.8, 4) is 0 Å². The first-order chi connectivity index (χ1) is 13.6. The van der Waals surface area contributed by atoms with Crippen LogP contribution in [0.4, 0.5) is 5.82 Å². The van der Waals surface area contributed by atoms with E-state index in [0.717, 1.165) is 44.1 Å². The number of rotatable bonds is 6. The number of piperazine rings is 1. The molecule has 7 heteroatoms. The van der Waals surface area contributed by atoms with Crippen LogP contribution in [0.5, 0.6) is 0 Å². The number of allylic oxidation sites excluding steroid dienone is 2. The lowest BCUT2D eigenvalue weighted by molar-refractivity contribution is 0.193. The third kappa shape index (κ3) is 4.99. The van der Waals surface area contributed by atoms with Crippen LogP contribution >= 0.6 is 0 Å². The molecule has 0 aromatic carbocycles. The number of aromatic nitrogens is 2. The van der Waals surface area contributed by atoms with Gasteiger partial charge in [-0.3, -0.25) is 14.9 Å². The molecule has 2 aliphatic rings. The number of hydrogen-bond donors (Lipinski definition) is 1. The van der Waals surface area contributed by atoms with E-state index in [1.165, 1.54) is 5.57 Å². The van der Waals surface area contributed by atoms with Gasteiger partial charge in [-0.2, -0.15) is 5.10 Å². The Balaban J connectivity index is 1.53. The van der Waals surface area contributed by atoms with Crippen molar-refractivity contribution in [2.45, 2.75) is 32.4 Å². The summed E-state index contributed by atoms with van der Waals surface area (Å²) in [6, 6.07) is 4.16. The molecule has 0 radical (unpaired) electrons. The first kappa shape index (κ1) is 20.1. The van der Waals surface area contributed by atoms with Gasteiger partial charge in [0.2, 0.25) is 0 Å². The van der Waals surface area contributed by atoms with Crippen LogP contribution in [0.15, 0.2) is 58.3 Å². The van der Waals surface area contributed by atoms with Gasteiger partial charge in [0.15, 0.2) is 5.82 Å². The molecule has 0 amide bonds. The van der Waals surface area contributed by atoms with Gasteiger partial charge in [-0.25, -0.2) is 0 Å². The Kier molecular flexibility index (Phi) is 6.84. The zero-order valence-electron chi connectivity index (χ0n) is 16.6. The average molecular weight is 380 g/mol. The SMILES string of the molecule is C=N/C=C\N=C1C=CC(C(C)N2CCN(c3ccc(C(C)O)nn3)CC2)=CC1. The van der Waals surface area contributed by atoms with E-state index in [4.69, 9.17) is 0 Å². The summed E-state index contributed by atoms with van der Waals surface area (Å²) in [7, 11) is 0. The molecule has 0 bridgehead atoms. The van der Waals surface area contributed by atoms with Gasteiger partial charge >= 0.3 is 0 Å². The number of hydrogen-bond acceptors (Lipinski definition) is 7. The second-order valence-electron chi connectivity index (χ2n) is 7.03. The molecule has 7 nitrogen and oxygen atoms in total. The zero-order valence-corrected chi connectivity index (χ0v) is 16.6. The van der Waals surface area contributed by atoms with Crippen LogP contribution in [0.1, 0.15) is 32.1 Å². The molecular weight excluding hydrogens is 352 g/mol. The maximum atomic E-state index is 9.56. The fourth-order valence-electron chi connectivity index (χ4n) is 3.41. The molecule has 2 atom stereocenters. The van der Waals surface area contributed by atoms with Crippen LogP contribution in [0.3, 0.4) is 0 Å². The quantitative estimate of drug-likeness (QED) is 0.768. The van der Waals surface area contributed by atoms with E-state index in [0.29, 0.717) is 11.7 Å². The fourth-order valence-corrected chi connectivity index (χ4v) is 3.41. The van der Waals surface area contributed by atoms with E-state index in [-0.39, 0.29) is 0 Å². The summed E-state index contributed by atoms with van der Waals surface area (Å²) in [5.74, 6) is 0.872. The minimum absolute atomic E-state index is 0.369. The number of aliphatic hydroxyl groups excluding tert-OH is 1. The van der Waals surface area contributed by atoms with E-state index >= 15 is 0 Å². The van der Waals surface area contributed by atoms with Crippen LogP contribution in [-0.2, 0) is 0 Å². The predicted octanol–water partition coefficient (Wildman–Crippen LogP) is 2.54. The van der Waals surface area contributed by atoms with E-state index < -0.39 is 6.10 Å². The van der Waals surface area contributed by atoms with Crippen molar-refractivity contribution in [3.05, 3.63) is 54.0 Å². The highest BCUT2D eigenvalue weighted by atomic mass is 16.3. The standard InChI is InChI=1S/C21H28N6O/c1-16(18-4-6-19(7-5-18)23-11-10-22-3)26-12-14-27(15-13-26)21-9-8-20(17(2)28)24-25-21/h4-6,8-11,16-17,28H,3,7,12-15H2,1-2H3/b11-10-,23-19?. The van der Waals surface area contributed by atoms with Crippen molar-refractivity contribution in [1.82, 2.24) is 15.1 Å². The highest BCUT2D eigenvalue weighted by molar-refractivity contribution is 5.98. The summed E-state index contributed by atoms with van der Waals surface area (Å²) >= 11 is 0. The van der Waals surface area contributed by atoms with E-state index in [9.17, 15) is 5.11 Å². The van der Waals surface area contributed by atoms with Gasteiger partial charge in [-0.1, -0.05) is 12.2 Å². The largest absolute Gasteiger partial charge is 0.387 e. The van der Waals surface area contributed by atoms with Crippen LogP contribution in [0.25, 0.3) is 0 Å². The summed E-state index contributed by atoms with van der Waals surface area (Å²) in [5, 5.41) is 17.9. The number of nitrogens with zero attached hydrogens (tertiary/aromatic N) is 6. The fraction of sp³-hybridized carbons (Fsp3) is 0.429. The van der Waals surface area contributed by atoms with Crippen molar-refractivity contribution in [2.75, 3.05) is 31.1 Å². The van der Waals surface area contributed by atoms with Gasteiger partial charge in [0.05, 0.1) is 11.8 Å². The lowest BCUT2D eigenvalue weighted by Crippen LogP contribution is -2.50. The highest BCUT2D eigenvalue weighted by Crippen LogP contribution is 2.21. The van der Waals surface area contributed by atoms with E-state index in [1.807, 2.05) is 12.1 Å². The molecular formula is C21H28N6O. The highest BCUT2D eigenvalue weighted by Gasteiger charge is 2.24. The van der Waals surface area contributed by atoms with Crippen LogP contribution in [-0.4, -0.2) is 64.9 Å². The average Bonchev–Trinajstić information content (AvgIpc) is 2.74. The molecule has 2 unspecified atom stereocenters. The Morgan fingerprint density at radius 2 is 1.89 bits per heavy atom. The molecule has 3 rings (SSSR count). The molecule has 2 heterocycles. The lowest BCUT2D eigenvalue weighted by atomic mass is 9.98. The molecule has 0 spiro atoms. The van der Waals surface area contributed by atoms with Crippen LogP contribution in [0, 0.1) is 0 Å². The molecule has 1 aromatic heterocycles. The Morgan fingerprint density at radius 1 is 1.11 bits per heavy atom. The predicted molar refractivity (Wildman–Crippen MR) is 114 cm³/mol. The third-order valence-corrected chi connectivity index (χ3v) is 5.20. The molecule has 1 aliphatic heterocycles. The minimum atomic E-state index is -0.587. The zero-order chi connectivity index (χ0) is 19.9. The molecule has 148 valence electrons. The Hall–Kier alpha value is -2.64. The van der Waals surface area contributed by atoms with Gasteiger partial charge in [-0.15, -0.1) is 5.10 Å². The van der Waals surface area contributed by atoms with Crippen molar-refractivity contribution in [1.29, 1.82) is 0 Å². The molecule has 1 aliphatic carbocycles. The molecule has 1 fully saturated rings. The molecule has 1 N–H and O–H groups in total. The van der Waals surface area contributed by atoms with Crippen molar-refractivity contribution in [3.63, 3.8) is 0 Å². The van der Waals surface area contributed by atoms with Crippen LogP contribution < -0.4 is 4.90 Å². The number of aliphatic hydroxyl groups is 1. The maximum Gasteiger partial charge on any atom is 0.151 e. The lowest BCUT2D eigenvalue weighted by Gasteiger charge is -2.39. The summed E-state index contributed by atoms with van der Waals surface area (Å²) in [6.07, 6.45) is 10.0. The first-order valence-corrected chi connectivity index (χ1v) is 9.65. The van der Waals surface area contributed by atoms with Crippen molar-refractivity contribution >= 4 is 18.2 Å². The van der Waals surface area contributed by atoms with Gasteiger partial charge < -0.3 is 10.0 Å². The second kappa shape index (κ2) is 9.52. The molecule has 1 saturated heterocycles. The first-order valence-electron chi connectivity index (χ1n) is 9.65. The second-order valence-corrected chi connectivity index (χ2v) is 7.03. The summed E-state index contributed by atoms with van der Waals surface area (Å²) in [4.78, 5) is 12.8. The topological polar surface area (TPSA) is 77.2 Å². The van der Waals surface area contributed by atoms with E-state index in [2.05, 4.69) is 61.9 Å². The van der Waals surface area contributed by atoms with Gasteiger partial charge in [0.25, 0.3) is 0 Å².